The highest BCUT2D eigenvalue weighted by atomic mass is 19.1. The first kappa shape index (κ1) is 14.9. The van der Waals surface area contributed by atoms with Gasteiger partial charge < -0.3 is 15.4 Å². The molecular formula is C15H19FN4O2. The van der Waals surface area contributed by atoms with E-state index in [4.69, 9.17) is 10.5 Å². The molecule has 0 saturated carbocycles. The number of anilines is 1. The third-order valence-corrected chi connectivity index (χ3v) is 3.94. The van der Waals surface area contributed by atoms with Gasteiger partial charge in [-0.15, -0.1) is 0 Å². The fourth-order valence-corrected chi connectivity index (χ4v) is 2.75. The molecule has 1 saturated heterocycles. The lowest BCUT2D eigenvalue weighted by Crippen LogP contribution is -2.40. The van der Waals surface area contributed by atoms with E-state index in [0.29, 0.717) is 43.3 Å². The molecule has 1 atom stereocenters. The Morgan fingerprint density at radius 2 is 2.05 bits per heavy atom. The quantitative estimate of drug-likeness (QED) is 0.893. The van der Waals surface area contributed by atoms with Crippen LogP contribution in [0.1, 0.15) is 18.5 Å². The number of nitrogens with two attached hydrogens (primary N) is 1. The normalized spacial score (nSPS) is 17.0. The van der Waals surface area contributed by atoms with Gasteiger partial charge in [-0.05, 0) is 24.6 Å². The molecule has 0 radical (unpaired) electrons. The number of fused-ring (bicyclic) bond motifs is 1. The Morgan fingerprint density at radius 1 is 1.36 bits per heavy atom. The zero-order valence-electron chi connectivity index (χ0n) is 12.7. The van der Waals surface area contributed by atoms with Crippen molar-refractivity contribution >= 4 is 16.9 Å². The molecule has 1 aromatic carbocycles. The van der Waals surface area contributed by atoms with Gasteiger partial charge in [-0.2, -0.15) is 0 Å². The predicted octanol–water partition coefficient (Wildman–Crippen LogP) is 0.929. The number of morpholine rings is 1. The molecule has 1 aliphatic heterocycles. The van der Waals surface area contributed by atoms with Crippen molar-refractivity contribution in [2.24, 2.45) is 12.8 Å². The summed E-state index contributed by atoms with van der Waals surface area (Å²) in [5, 5.41) is 0.256. The number of nitrogens with zero attached hydrogens (tertiary/aromatic N) is 3. The van der Waals surface area contributed by atoms with Crippen LogP contribution in [0.4, 0.5) is 10.3 Å². The van der Waals surface area contributed by atoms with Crippen molar-refractivity contribution in [3.8, 4) is 0 Å². The molecule has 1 fully saturated rings. The predicted molar refractivity (Wildman–Crippen MR) is 82.6 cm³/mol. The van der Waals surface area contributed by atoms with E-state index in [-0.39, 0.29) is 10.9 Å². The van der Waals surface area contributed by atoms with Crippen molar-refractivity contribution in [2.45, 2.75) is 13.0 Å². The maximum Gasteiger partial charge on any atom is 0.262 e. The minimum absolute atomic E-state index is 0.256. The largest absolute Gasteiger partial charge is 0.378 e. The summed E-state index contributed by atoms with van der Waals surface area (Å²) in [6.07, 6.45) is 0. The third kappa shape index (κ3) is 2.46. The van der Waals surface area contributed by atoms with Crippen LogP contribution in [0.5, 0.6) is 0 Å². The summed E-state index contributed by atoms with van der Waals surface area (Å²) in [4.78, 5) is 19.2. The fourth-order valence-electron chi connectivity index (χ4n) is 2.75. The summed E-state index contributed by atoms with van der Waals surface area (Å²) in [6.45, 7) is 4.28. The van der Waals surface area contributed by atoms with Gasteiger partial charge in [0.1, 0.15) is 5.82 Å². The summed E-state index contributed by atoms with van der Waals surface area (Å²) in [6, 6.07) is 2.16. The Labute approximate surface area is 127 Å². The maximum atomic E-state index is 13.8. The van der Waals surface area contributed by atoms with Crippen LogP contribution < -0.4 is 16.2 Å². The first-order valence-electron chi connectivity index (χ1n) is 7.27. The van der Waals surface area contributed by atoms with Crippen LogP contribution in [-0.2, 0) is 11.8 Å². The van der Waals surface area contributed by atoms with Crippen LogP contribution >= 0.6 is 0 Å². The molecule has 2 heterocycles. The van der Waals surface area contributed by atoms with Crippen LogP contribution in [0.2, 0.25) is 0 Å². The lowest BCUT2D eigenvalue weighted by atomic mass is 10.0. The lowest BCUT2D eigenvalue weighted by Gasteiger charge is -2.29. The van der Waals surface area contributed by atoms with Crippen molar-refractivity contribution in [2.75, 3.05) is 31.2 Å². The second-order valence-electron chi connectivity index (χ2n) is 5.56. The molecule has 0 amide bonds. The van der Waals surface area contributed by atoms with Gasteiger partial charge in [0.05, 0.1) is 24.1 Å². The number of hydrogen-bond donors (Lipinski definition) is 1. The van der Waals surface area contributed by atoms with Gasteiger partial charge in [0, 0.05) is 26.2 Å². The maximum absolute atomic E-state index is 13.8. The molecular weight excluding hydrogens is 287 g/mol. The van der Waals surface area contributed by atoms with Crippen molar-refractivity contribution in [3.63, 3.8) is 0 Å². The second kappa shape index (κ2) is 5.66. The Hall–Kier alpha value is -1.99. The van der Waals surface area contributed by atoms with Crippen molar-refractivity contribution in [1.29, 1.82) is 0 Å². The fraction of sp³-hybridized carbons (Fsp3) is 0.467. The zero-order chi connectivity index (χ0) is 15.9. The molecule has 6 nitrogen and oxygen atoms in total. The molecule has 3 rings (SSSR count). The summed E-state index contributed by atoms with van der Waals surface area (Å²) >= 11 is 0. The number of benzene rings is 1. The van der Waals surface area contributed by atoms with Crippen molar-refractivity contribution in [3.05, 3.63) is 33.9 Å². The smallest absolute Gasteiger partial charge is 0.262 e. The molecule has 1 aromatic heterocycles. The van der Waals surface area contributed by atoms with E-state index in [2.05, 4.69) is 4.98 Å². The van der Waals surface area contributed by atoms with E-state index in [1.165, 1.54) is 16.7 Å². The number of hydrogen-bond acceptors (Lipinski definition) is 5. The SMILES string of the molecule is C[C@@H](N)c1cc(F)cc2c(=O)n(C)c(N3CCOCC3)nc12. The molecule has 0 spiro atoms. The van der Waals surface area contributed by atoms with Gasteiger partial charge >= 0.3 is 0 Å². The van der Waals surface area contributed by atoms with Gasteiger partial charge in [-0.3, -0.25) is 9.36 Å². The summed E-state index contributed by atoms with van der Waals surface area (Å²) < 4.78 is 20.6. The summed E-state index contributed by atoms with van der Waals surface area (Å²) in [7, 11) is 1.65. The highest BCUT2D eigenvalue weighted by Crippen LogP contribution is 2.23. The average molecular weight is 306 g/mol. The Balaban J connectivity index is 2.27. The Kier molecular flexibility index (Phi) is 3.84. The molecule has 1 aliphatic rings. The zero-order valence-corrected chi connectivity index (χ0v) is 12.7. The van der Waals surface area contributed by atoms with Gasteiger partial charge in [-0.1, -0.05) is 0 Å². The van der Waals surface area contributed by atoms with E-state index in [1.54, 1.807) is 14.0 Å². The molecule has 118 valence electrons. The average Bonchev–Trinajstić information content (AvgIpc) is 2.51. The van der Waals surface area contributed by atoms with Crippen LogP contribution in [0.15, 0.2) is 16.9 Å². The van der Waals surface area contributed by atoms with Gasteiger partial charge in [-0.25, -0.2) is 9.37 Å². The number of ether oxygens (including phenoxy) is 1. The summed E-state index contributed by atoms with van der Waals surface area (Å²) in [5.74, 6) is 0.0899. The minimum Gasteiger partial charge on any atom is -0.378 e. The van der Waals surface area contributed by atoms with Crippen molar-refractivity contribution < 1.29 is 9.13 Å². The van der Waals surface area contributed by atoms with E-state index in [1.807, 2.05) is 4.90 Å². The van der Waals surface area contributed by atoms with Gasteiger partial charge in [0.25, 0.3) is 5.56 Å². The van der Waals surface area contributed by atoms with Crippen LogP contribution in [-0.4, -0.2) is 35.9 Å². The van der Waals surface area contributed by atoms with Crippen molar-refractivity contribution in [1.82, 2.24) is 9.55 Å². The highest BCUT2D eigenvalue weighted by Gasteiger charge is 2.20. The van der Waals surface area contributed by atoms with Crippen LogP contribution in [0.25, 0.3) is 10.9 Å². The molecule has 7 heteroatoms. The van der Waals surface area contributed by atoms with E-state index >= 15 is 0 Å². The highest BCUT2D eigenvalue weighted by molar-refractivity contribution is 5.82. The summed E-state index contributed by atoms with van der Waals surface area (Å²) in [5.41, 5.74) is 6.66. The van der Waals surface area contributed by atoms with E-state index < -0.39 is 11.9 Å². The Bertz CT molecular complexity index is 766. The second-order valence-corrected chi connectivity index (χ2v) is 5.56. The number of halogens is 1. The number of rotatable bonds is 2. The molecule has 0 aliphatic carbocycles. The Morgan fingerprint density at radius 3 is 2.68 bits per heavy atom. The van der Waals surface area contributed by atoms with Crippen LogP contribution in [0.3, 0.4) is 0 Å². The topological polar surface area (TPSA) is 73.4 Å². The van der Waals surface area contributed by atoms with Gasteiger partial charge in [0.15, 0.2) is 0 Å². The first-order chi connectivity index (χ1) is 10.5. The molecule has 0 bridgehead atoms. The van der Waals surface area contributed by atoms with Gasteiger partial charge in [0.2, 0.25) is 5.95 Å². The first-order valence-corrected chi connectivity index (χ1v) is 7.27. The van der Waals surface area contributed by atoms with Crippen LogP contribution in [0, 0.1) is 5.82 Å². The molecule has 22 heavy (non-hydrogen) atoms. The van der Waals surface area contributed by atoms with E-state index in [9.17, 15) is 9.18 Å². The molecule has 0 unspecified atom stereocenters. The molecule has 2 aromatic rings. The lowest BCUT2D eigenvalue weighted by molar-refractivity contribution is 0.121. The third-order valence-electron chi connectivity index (χ3n) is 3.94. The van der Waals surface area contributed by atoms with E-state index in [0.717, 1.165) is 0 Å². The standard InChI is InChI=1S/C15H19FN4O2/c1-9(17)11-7-10(16)8-12-13(11)18-15(19(2)14(12)21)20-3-5-22-6-4-20/h7-9H,3-6,17H2,1-2H3/t9-/m1/s1. The minimum atomic E-state index is -0.474. The molecule has 2 N–H and O–H groups in total. The number of aromatic nitrogens is 2. The monoisotopic (exact) mass is 306 g/mol.